The fourth-order valence-corrected chi connectivity index (χ4v) is 4.94. The molecule has 162 valence electrons. The fraction of sp³-hybridized carbons (Fsp3) is 0.565. The summed E-state index contributed by atoms with van der Waals surface area (Å²) < 4.78 is 13.1. The molecule has 0 saturated heterocycles. The Bertz CT molecular complexity index is 976. The van der Waals surface area contributed by atoms with Crippen LogP contribution >= 0.6 is 0 Å². The Kier molecular flexibility index (Phi) is 5.38. The van der Waals surface area contributed by atoms with Gasteiger partial charge in [0.2, 0.25) is 5.91 Å². The standard InChI is InChI=1S/C23H31N3O4/c1-5-12-26-21(27)17-13-16-18(29-3)10-11-19(30-4)20(16)25(17)14-23(26,2)22(28)24-15-8-6-7-9-15/h10-11,13,15H,5-9,12,14H2,1-4H3,(H,24,28)/t23-/m1/s1. The first kappa shape index (κ1) is 20.6. The van der Waals surface area contributed by atoms with E-state index in [2.05, 4.69) is 5.32 Å². The van der Waals surface area contributed by atoms with Crippen LogP contribution in [0.15, 0.2) is 18.2 Å². The normalized spacial score (nSPS) is 21.7. The number of aromatic nitrogens is 1. The van der Waals surface area contributed by atoms with E-state index >= 15 is 0 Å². The second kappa shape index (κ2) is 7.85. The van der Waals surface area contributed by atoms with Crippen molar-refractivity contribution in [3.05, 3.63) is 23.9 Å². The highest BCUT2D eigenvalue weighted by Crippen LogP contribution is 2.40. The van der Waals surface area contributed by atoms with Crippen molar-refractivity contribution >= 4 is 22.7 Å². The van der Waals surface area contributed by atoms with Gasteiger partial charge in [-0.3, -0.25) is 9.59 Å². The number of benzene rings is 1. The van der Waals surface area contributed by atoms with Gasteiger partial charge in [-0.25, -0.2) is 0 Å². The predicted octanol–water partition coefficient (Wildman–Crippen LogP) is 3.34. The summed E-state index contributed by atoms with van der Waals surface area (Å²) >= 11 is 0. The first-order chi connectivity index (χ1) is 14.4. The van der Waals surface area contributed by atoms with E-state index in [0.717, 1.165) is 43.0 Å². The van der Waals surface area contributed by atoms with E-state index < -0.39 is 5.54 Å². The average Bonchev–Trinajstić information content (AvgIpc) is 3.38. The molecular weight excluding hydrogens is 382 g/mol. The van der Waals surface area contributed by atoms with Gasteiger partial charge in [-0.2, -0.15) is 0 Å². The SMILES string of the molecule is CCCN1C(=O)c2cc3c(OC)ccc(OC)c3n2C[C@]1(C)C(=O)NC1CCCC1. The monoisotopic (exact) mass is 413 g/mol. The van der Waals surface area contributed by atoms with E-state index in [1.165, 1.54) is 0 Å². The topological polar surface area (TPSA) is 72.8 Å². The van der Waals surface area contributed by atoms with Crippen LogP contribution in [0, 0.1) is 0 Å². The van der Waals surface area contributed by atoms with E-state index in [4.69, 9.17) is 9.47 Å². The minimum atomic E-state index is -0.970. The van der Waals surface area contributed by atoms with Crippen LogP contribution in [-0.4, -0.2) is 53.6 Å². The number of hydrogen-bond donors (Lipinski definition) is 1. The number of nitrogens with one attached hydrogen (secondary N) is 1. The zero-order chi connectivity index (χ0) is 21.5. The Morgan fingerprint density at radius 3 is 2.50 bits per heavy atom. The van der Waals surface area contributed by atoms with Crippen LogP contribution in [0.4, 0.5) is 0 Å². The van der Waals surface area contributed by atoms with Crippen LogP contribution in [0.5, 0.6) is 11.5 Å². The highest BCUT2D eigenvalue weighted by Gasteiger charge is 2.48. The molecule has 2 heterocycles. The number of methoxy groups -OCH3 is 2. The highest BCUT2D eigenvalue weighted by atomic mass is 16.5. The van der Waals surface area contributed by atoms with Crippen molar-refractivity contribution in [2.24, 2.45) is 0 Å². The van der Waals surface area contributed by atoms with Crippen molar-refractivity contribution in [2.75, 3.05) is 20.8 Å². The van der Waals surface area contributed by atoms with Crippen molar-refractivity contribution in [2.45, 2.75) is 64.1 Å². The summed E-state index contributed by atoms with van der Waals surface area (Å²) in [6.07, 6.45) is 5.08. The molecule has 1 aromatic carbocycles. The van der Waals surface area contributed by atoms with Crippen molar-refractivity contribution in [3.63, 3.8) is 0 Å². The molecule has 7 heteroatoms. The second-order valence-corrected chi connectivity index (χ2v) is 8.53. The van der Waals surface area contributed by atoms with Gasteiger partial charge in [0.05, 0.1) is 26.3 Å². The van der Waals surface area contributed by atoms with E-state index in [-0.39, 0.29) is 17.9 Å². The highest BCUT2D eigenvalue weighted by molar-refractivity contribution is 6.05. The molecule has 0 spiro atoms. The molecule has 30 heavy (non-hydrogen) atoms. The summed E-state index contributed by atoms with van der Waals surface area (Å²) in [5, 5.41) is 4.03. The first-order valence-corrected chi connectivity index (χ1v) is 10.8. The third-order valence-corrected chi connectivity index (χ3v) is 6.57. The number of nitrogens with zero attached hydrogens (tertiary/aromatic N) is 2. The molecule has 0 radical (unpaired) electrons. The van der Waals surface area contributed by atoms with Crippen LogP contribution in [0.1, 0.15) is 56.4 Å². The Morgan fingerprint density at radius 1 is 1.20 bits per heavy atom. The summed E-state index contributed by atoms with van der Waals surface area (Å²) in [4.78, 5) is 28.8. The molecule has 0 bridgehead atoms. The lowest BCUT2D eigenvalue weighted by atomic mass is 9.94. The van der Waals surface area contributed by atoms with Gasteiger partial charge in [-0.1, -0.05) is 19.8 Å². The predicted molar refractivity (Wildman–Crippen MR) is 115 cm³/mol. The van der Waals surface area contributed by atoms with E-state index in [9.17, 15) is 9.59 Å². The van der Waals surface area contributed by atoms with E-state index in [1.807, 2.05) is 36.6 Å². The molecule has 1 saturated carbocycles. The third kappa shape index (κ3) is 3.11. The summed E-state index contributed by atoms with van der Waals surface area (Å²) in [5.41, 5.74) is 0.381. The van der Waals surface area contributed by atoms with Gasteiger partial charge in [0.25, 0.3) is 5.91 Å². The van der Waals surface area contributed by atoms with Crippen molar-refractivity contribution in [1.82, 2.24) is 14.8 Å². The Morgan fingerprint density at radius 2 is 1.87 bits per heavy atom. The molecule has 2 amide bonds. The van der Waals surface area contributed by atoms with Gasteiger partial charge in [0.15, 0.2) is 0 Å². The molecule has 0 unspecified atom stereocenters. The van der Waals surface area contributed by atoms with E-state index in [1.54, 1.807) is 19.1 Å². The number of rotatable bonds is 6. The first-order valence-electron chi connectivity index (χ1n) is 10.8. The second-order valence-electron chi connectivity index (χ2n) is 8.53. The molecule has 1 aliphatic heterocycles. The smallest absolute Gasteiger partial charge is 0.271 e. The molecule has 1 fully saturated rings. The molecule has 7 nitrogen and oxygen atoms in total. The summed E-state index contributed by atoms with van der Waals surface area (Å²) in [6, 6.07) is 5.74. The van der Waals surface area contributed by atoms with Gasteiger partial charge in [-0.15, -0.1) is 0 Å². The van der Waals surface area contributed by atoms with Gasteiger partial charge in [-0.05, 0) is 44.4 Å². The third-order valence-electron chi connectivity index (χ3n) is 6.57. The maximum Gasteiger partial charge on any atom is 0.271 e. The van der Waals surface area contributed by atoms with Gasteiger partial charge >= 0.3 is 0 Å². The lowest BCUT2D eigenvalue weighted by Gasteiger charge is -2.44. The lowest BCUT2D eigenvalue weighted by Crippen LogP contribution is -2.64. The molecule has 4 rings (SSSR count). The van der Waals surface area contributed by atoms with Gasteiger partial charge < -0.3 is 24.3 Å². The van der Waals surface area contributed by atoms with Crippen LogP contribution in [0.25, 0.3) is 10.9 Å². The minimum absolute atomic E-state index is 0.0782. The number of fused-ring (bicyclic) bond motifs is 3. The molecule has 1 aromatic heterocycles. The van der Waals surface area contributed by atoms with Crippen LogP contribution in [0.3, 0.4) is 0 Å². The minimum Gasteiger partial charge on any atom is -0.496 e. The molecule has 1 atom stereocenters. The number of hydrogen-bond acceptors (Lipinski definition) is 4. The summed E-state index contributed by atoms with van der Waals surface area (Å²) in [5.74, 6) is 1.13. The molecule has 2 aliphatic rings. The average molecular weight is 414 g/mol. The van der Waals surface area contributed by atoms with Crippen molar-refractivity contribution < 1.29 is 19.1 Å². The quantitative estimate of drug-likeness (QED) is 0.788. The molecular formula is C23H31N3O4. The fourth-order valence-electron chi connectivity index (χ4n) is 4.94. The van der Waals surface area contributed by atoms with E-state index in [0.29, 0.717) is 30.3 Å². The summed E-state index contributed by atoms with van der Waals surface area (Å²) in [7, 11) is 3.23. The maximum atomic E-state index is 13.6. The van der Waals surface area contributed by atoms with Gasteiger partial charge in [0, 0.05) is 18.0 Å². The van der Waals surface area contributed by atoms with Crippen molar-refractivity contribution in [1.29, 1.82) is 0 Å². The Labute approximate surface area is 177 Å². The molecule has 1 N–H and O–H groups in total. The number of carbonyl (C=O) groups excluding carboxylic acids is 2. The Balaban J connectivity index is 1.83. The summed E-state index contributed by atoms with van der Waals surface area (Å²) in [6.45, 7) is 4.81. The number of carbonyl (C=O) groups is 2. The largest absolute Gasteiger partial charge is 0.496 e. The van der Waals surface area contributed by atoms with Crippen LogP contribution in [0.2, 0.25) is 0 Å². The molecule has 1 aliphatic carbocycles. The Hall–Kier alpha value is -2.70. The van der Waals surface area contributed by atoms with Crippen LogP contribution < -0.4 is 14.8 Å². The van der Waals surface area contributed by atoms with Crippen molar-refractivity contribution in [3.8, 4) is 11.5 Å². The number of ether oxygens (including phenoxy) is 2. The zero-order valence-electron chi connectivity index (χ0n) is 18.3. The molecule has 2 aromatic rings. The van der Waals surface area contributed by atoms with Crippen LogP contribution in [-0.2, 0) is 11.3 Å². The van der Waals surface area contributed by atoms with Gasteiger partial charge in [0.1, 0.15) is 22.7 Å². The zero-order valence-corrected chi connectivity index (χ0v) is 18.3. The maximum absolute atomic E-state index is 13.6. The lowest BCUT2D eigenvalue weighted by molar-refractivity contribution is -0.133. The number of amides is 2.